The summed E-state index contributed by atoms with van der Waals surface area (Å²) in [4.78, 5) is 12.7. The highest BCUT2D eigenvalue weighted by Crippen LogP contribution is 2.26. The second-order valence-corrected chi connectivity index (χ2v) is 12.3. The van der Waals surface area contributed by atoms with Gasteiger partial charge in [-0.3, -0.25) is 0 Å². The molecule has 0 radical (unpaired) electrons. The van der Waals surface area contributed by atoms with E-state index in [0.717, 1.165) is 29.0 Å². The predicted molar refractivity (Wildman–Crippen MR) is 194 cm³/mol. The Morgan fingerprint density at radius 1 is 0.562 bits per heavy atom. The van der Waals surface area contributed by atoms with Crippen molar-refractivity contribution in [3.8, 4) is 28.7 Å². The number of hydrogen-bond donors (Lipinski definition) is 0. The van der Waals surface area contributed by atoms with Crippen molar-refractivity contribution in [3.05, 3.63) is 108 Å². The molecule has 48 heavy (non-hydrogen) atoms. The molecule has 0 fully saturated rings. The van der Waals surface area contributed by atoms with E-state index >= 15 is 0 Å². The largest absolute Gasteiger partial charge is 0.494 e. The van der Waals surface area contributed by atoms with E-state index in [2.05, 4.69) is 23.2 Å². The Morgan fingerprint density at radius 3 is 1.50 bits per heavy atom. The van der Waals surface area contributed by atoms with Gasteiger partial charge in [-0.2, -0.15) is 15.5 Å². The minimum absolute atomic E-state index is 0.404. The Balaban J connectivity index is 1.09. The van der Waals surface area contributed by atoms with Crippen molar-refractivity contribution in [2.45, 2.75) is 96.8 Å². The number of carbonyl (C=O) groups is 1. The van der Waals surface area contributed by atoms with Crippen molar-refractivity contribution in [1.82, 2.24) is 0 Å². The van der Waals surface area contributed by atoms with E-state index in [1.807, 2.05) is 48.5 Å². The summed E-state index contributed by atoms with van der Waals surface area (Å²) in [7, 11) is 0. The molecule has 0 saturated carbocycles. The van der Waals surface area contributed by atoms with Gasteiger partial charge in [-0.15, -0.1) is 0 Å². The summed E-state index contributed by atoms with van der Waals surface area (Å²) in [5, 5.41) is 17.4. The Hall–Kier alpha value is -4.76. The Kier molecular flexibility index (Phi) is 15.9. The van der Waals surface area contributed by atoms with Gasteiger partial charge in [-0.05, 0) is 90.3 Å². The molecule has 4 aromatic rings. The van der Waals surface area contributed by atoms with E-state index in [4.69, 9.17) is 14.7 Å². The van der Waals surface area contributed by atoms with Crippen LogP contribution in [0, 0.1) is 11.3 Å². The molecular formula is C42H49N3O3. The maximum atomic E-state index is 12.7. The zero-order valence-corrected chi connectivity index (χ0v) is 28.4. The fraction of sp³-hybridized carbons (Fsp3) is 0.381. The molecule has 4 aromatic carbocycles. The van der Waals surface area contributed by atoms with Crippen LogP contribution in [0.5, 0.6) is 11.5 Å². The standard InChI is InChI=1S/C42H49N3O3/c1-2-3-4-5-6-7-8-9-10-11-12-13-14-15-32-47-40-28-22-37(23-29-40)42(46)48-41-30-20-36(21-31-41)35-18-26-39(27-19-35)45-44-38-24-16-34(33-43)17-25-38/h16-31H,2-15,32H2,1H3. The number of carbonyl (C=O) groups excluding carboxylic acids is 1. The highest BCUT2D eigenvalue weighted by Gasteiger charge is 2.09. The van der Waals surface area contributed by atoms with E-state index in [0.29, 0.717) is 29.2 Å². The van der Waals surface area contributed by atoms with Crippen molar-refractivity contribution in [3.63, 3.8) is 0 Å². The first-order valence-corrected chi connectivity index (χ1v) is 17.7. The van der Waals surface area contributed by atoms with Gasteiger partial charge in [0.05, 0.1) is 35.2 Å². The van der Waals surface area contributed by atoms with Crippen LogP contribution in [-0.4, -0.2) is 12.6 Å². The summed E-state index contributed by atoms with van der Waals surface area (Å²) >= 11 is 0. The molecule has 0 spiro atoms. The lowest BCUT2D eigenvalue weighted by Crippen LogP contribution is -2.08. The van der Waals surface area contributed by atoms with Gasteiger partial charge in [0.1, 0.15) is 11.5 Å². The summed E-state index contributed by atoms with van der Waals surface area (Å²) < 4.78 is 11.5. The second kappa shape index (κ2) is 21.2. The minimum Gasteiger partial charge on any atom is -0.494 e. The van der Waals surface area contributed by atoms with Crippen LogP contribution in [0.1, 0.15) is 113 Å². The molecule has 4 rings (SSSR count). The molecule has 6 heteroatoms. The average Bonchev–Trinajstić information content (AvgIpc) is 3.13. The van der Waals surface area contributed by atoms with Gasteiger partial charge in [0.2, 0.25) is 0 Å². The Morgan fingerprint density at radius 2 is 1.00 bits per heavy atom. The van der Waals surface area contributed by atoms with Gasteiger partial charge in [0.15, 0.2) is 0 Å². The van der Waals surface area contributed by atoms with Crippen molar-refractivity contribution in [2.75, 3.05) is 6.61 Å². The Labute approximate surface area is 286 Å². The normalized spacial score (nSPS) is 11.0. The van der Waals surface area contributed by atoms with Crippen LogP contribution in [0.15, 0.2) is 107 Å². The molecule has 0 aromatic heterocycles. The van der Waals surface area contributed by atoms with Gasteiger partial charge in [-0.1, -0.05) is 115 Å². The SMILES string of the molecule is CCCCCCCCCCCCCCCCOc1ccc(C(=O)Oc2ccc(-c3ccc(N=Nc4ccc(C#N)cc4)cc3)cc2)cc1. The Bertz CT molecular complexity index is 1560. The lowest BCUT2D eigenvalue weighted by atomic mass is 10.0. The van der Waals surface area contributed by atoms with E-state index in [1.54, 1.807) is 48.5 Å². The molecule has 0 amide bonds. The van der Waals surface area contributed by atoms with Crippen LogP contribution in [0.2, 0.25) is 0 Å². The molecule has 0 aliphatic rings. The maximum Gasteiger partial charge on any atom is 0.343 e. The fourth-order valence-electron chi connectivity index (χ4n) is 5.49. The molecule has 0 unspecified atom stereocenters. The molecule has 0 saturated heterocycles. The highest BCUT2D eigenvalue weighted by atomic mass is 16.5. The number of azo groups is 1. The van der Waals surface area contributed by atoms with Crippen LogP contribution in [-0.2, 0) is 0 Å². The van der Waals surface area contributed by atoms with E-state index in [1.165, 1.54) is 83.5 Å². The third-order valence-electron chi connectivity index (χ3n) is 8.40. The quantitative estimate of drug-likeness (QED) is 0.0391. The van der Waals surface area contributed by atoms with Gasteiger partial charge in [-0.25, -0.2) is 4.79 Å². The molecular weight excluding hydrogens is 594 g/mol. The third kappa shape index (κ3) is 13.2. The summed E-state index contributed by atoms with van der Waals surface area (Å²) in [5.74, 6) is 0.848. The lowest BCUT2D eigenvalue weighted by molar-refractivity contribution is 0.0734. The number of unbranched alkanes of at least 4 members (excludes halogenated alkanes) is 13. The monoisotopic (exact) mass is 643 g/mol. The first kappa shape index (κ1) is 36.1. The second-order valence-electron chi connectivity index (χ2n) is 12.3. The summed E-state index contributed by atoms with van der Waals surface area (Å²) in [6.07, 6.45) is 18.7. The van der Waals surface area contributed by atoms with Crippen LogP contribution >= 0.6 is 0 Å². The minimum atomic E-state index is -0.404. The number of nitrogens with zero attached hydrogens (tertiary/aromatic N) is 3. The summed E-state index contributed by atoms with van der Waals surface area (Å²) in [6.45, 7) is 2.97. The molecule has 0 N–H and O–H groups in total. The molecule has 0 aliphatic heterocycles. The fourth-order valence-corrected chi connectivity index (χ4v) is 5.49. The van der Waals surface area contributed by atoms with Crippen molar-refractivity contribution in [2.24, 2.45) is 10.2 Å². The molecule has 0 atom stereocenters. The topological polar surface area (TPSA) is 84.0 Å². The van der Waals surface area contributed by atoms with Crippen molar-refractivity contribution >= 4 is 17.3 Å². The third-order valence-corrected chi connectivity index (χ3v) is 8.40. The number of benzene rings is 4. The predicted octanol–water partition coefficient (Wildman–Crippen LogP) is 12.7. The first-order valence-electron chi connectivity index (χ1n) is 17.7. The van der Waals surface area contributed by atoms with Crippen LogP contribution in [0.25, 0.3) is 11.1 Å². The van der Waals surface area contributed by atoms with E-state index in [9.17, 15) is 4.79 Å². The smallest absolute Gasteiger partial charge is 0.343 e. The van der Waals surface area contributed by atoms with Crippen molar-refractivity contribution < 1.29 is 14.3 Å². The molecule has 0 bridgehead atoms. The average molecular weight is 644 g/mol. The van der Waals surface area contributed by atoms with Gasteiger partial charge in [0.25, 0.3) is 0 Å². The van der Waals surface area contributed by atoms with Crippen LogP contribution in [0.3, 0.4) is 0 Å². The summed E-state index contributed by atoms with van der Waals surface area (Å²) in [5.41, 5.74) is 4.47. The first-order chi connectivity index (χ1) is 23.6. The van der Waals surface area contributed by atoms with E-state index in [-0.39, 0.29) is 0 Å². The summed E-state index contributed by atoms with van der Waals surface area (Å²) in [6, 6.07) is 31.3. The van der Waals surface area contributed by atoms with Crippen molar-refractivity contribution in [1.29, 1.82) is 5.26 Å². The molecule has 0 aliphatic carbocycles. The van der Waals surface area contributed by atoms with Gasteiger partial charge < -0.3 is 9.47 Å². The number of nitriles is 1. The highest BCUT2D eigenvalue weighted by molar-refractivity contribution is 5.91. The number of rotatable bonds is 21. The van der Waals surface area contributed by atoms with Gasteiger partial charge in [0, 0.05) is 0 Å². The molecule has 250 valence electrons. The number of hydrogen-bond acceptors (Lipinski definition) is 6. The van der Waals surface area contributed by atoms with Crippen LogP contribution in [0.4, 0.5) is 11.4 Å². The molecule has 6 nitrogen and oxygen atoms in total. The maximum absolute atomic E-state index is 12.7. The molecule has 0 heterocycles. The number of ether oxygens (including phenoxy) is 2. The lowest BCUT2D eigenvalue weighted by Gasteiger charge is -2.08. The zero-order valence-electron chi connectivity index (χ0n) is 28.4. The van der Waals surface area contributed by atoms with Gasteiger partial charge >= 0.3 is 5.97 Å². The zero-order chi connectivity index (χ0) is 33.7. The van der Waals surface area contributed by atoms with Crippen LogP contribution < -0.4 is 9.47 Å². The number of esters is 1. The van der Waals surface area contributed by atoms with E-state index < -0.39 is 5.97 Å².